The summed E-state index contributed by atoms with van der Waals surface area (Å²) >= 11 is 0. The van der Waals surface area contributed by atoms with Gasteiger partial charge in [0.05, 0.1) is 6.10 Å². The van der Waals surface area contributed by atoms with Crippen molar-refractivity contribution in [1.29, 1.82) is 0 Å². The van der Waals surface area contributed by atoms with Crippen LogP contribution in [0.5, 0.6) is 5.88 Å². The number of nitrogens with two attached hydrogens (primary N) is 1. The molecule has 19 heavy (non-hydrogen) atoms. The minimum absolute atomic E-state index is 0.208. The Bertz CT molecular complexity index is 401. The monoisotopic (exact) mass is 264 g/mol. The van der Waals surface area contributed by atoms with E-state index in [2.05, 4.69) is 24.9 Å². The first kappa shape index (κ1) is 14.3. The third-order valence-corrected chi connectivity index (χ3v) is 3.40. The molecule has 1 aromatic rings. The van der Waals surface area contributed by atoms with Crippen LogP contribution in [0.25, 0.3) is 0 Å². The molecule has 0 aliphatic carbocycles. The summed E-state index contributed by atoms with van der Waals surface area (Å²) in [6, 6.07) is 3.98. The number of aromatic nitrogens is 1. The molecule has 1 unspecified atom stereocenters. The normalized spacial score (nSPS) is 19.7. The van der Waals surface area contributed by atoms with Gasteiger partial charge in [0.1, 0.15) is 6.61 Å². The van der Waals surface area contributed by atoms with Crippen molar-refractivity contribution in [2.45, 2.75) is 51.7 Å². The SMILES string of the molecule is CC(C)c1cc(CN)cc(OCC2CCCCO2)n1. The fourth-order valence-electron chi connectivity index (χ4n) is 2.19. The highest BCUT2D eigenvalue weighted by Crippen LogP contribution is 2.20. The highest BCUT2D eigenvalue weighted by molar-refractivity contribution is 5.26. The summed E-state index contributed by atoms with van der Waals surface area (Å²) in [5.74, 6) is 1.04. The lowest BCUT2D eigenvalue weighted by Crippen LogP contribution is -2.26. The van der Waals surface area contributed by atoms with Gasteiger partial charge in [-0.15, -0.1) is 0 Å². The summed E-state index contributed by atoms with van der Waals surface area (Å²) in [4.78, 5) is 4.53. The van der Waals surface area contributed by atoms with Crippen molar-refractivity contribution in [3.05, 3.63) is 23.4 Å². The largest absolute Gasteiger partial charge is 0.475 e. The van der Waals surface area contributed by atoms with Crippen LogP contribution in [-0.4, -0.2) is 24.3 Å². The zero-order chi connectivity index (χ0) is 13.7. The lowest BCUT2D eigenvalue weighted by molar-refractivity contribution is -0.0120. The number of pyridine rings is 1. The molecule has 2 rings (SSSR count). The third-order valence-electron chi connectivity index (χ3n) is 3.40. The van der Waals surface area contributed by atoms with Crippen molar-refractivity contribution in [2.24, 2.45) is 5.73 Å². The molecule has 0 amide bonds. The zero-order valence-electron chi connectivity index (χ0n) is 11.9. The summed E-state index contributed by atoms with van der Waals surface area (Å²) in [7, 11) is 0. The van der Waals surface area contributed by atoms with Crippen molar-refractivity contribution in [2.75, 3.05) is 13.2 Å². The third kappa shape index (κ3) is 4.18. The molecule has 4 nitrogen and oxygen atoms in total. The Hall–Kier alpha value is -1.13. The van der Waals surface area contributed by atoms with Gasteiger partial charge in [-0.2, -0.15) is 0 Å². The zero-order valence-corrected chi connectivity index (χ0v) is 11.9. The van der Waals surface area contributed by atoms with E-state index in [0.717, 1.165) is 30.7 Å². The topological polar surface area (TPSA) is 57.4 Å². The lowest BCUT2D eigenvalue weighted by Gasteiger charge is -2.22. The van der Waals surface area contributed by atoms with Gasteiger partial charge in [0.15, 0.2) is 0 Å². The number of hydrogen-bond acceptors (Lipinski definition) is 4. The second-order valence-electron chi connectivity index (χ2n) is 5.40. The van der Waals surface area contributed by atoms with Crippen molar-refractivity contribution in [1.82, 2.24) is 4.98 Å². The maximum absolute atomic E-state index is 5.79. The van der Waals surface area contributed by atoms with Crippen molar-refractivity contribution in [3.63, 3.8) is 0 Å². The summed E-state index contributed by atoms with van der Waals surface area (Å²) in [5.41, 5.74) is 7.82. The highest BCUT2D eigenvalue weighted by Gasteiger charge is 2.15. The van der Waals surface area contributed by atoms with Gasteiger partial charge in [0.2, 0.25) is 5.88 Å². The van der Waals surface area contributed by atoms with Crippen LogP contribution in [0.2, 0.25) is 0 Å². The second kappa shape index (κ2) is 6.87. The van der Waals surface area contributed by atoms with Gasteiger partial charge < -0.3 is 15.2 Å². The second-order valence-corrected chi connectivity index (χ2v) is 5.40. The average Bonchev–Trinajstić information content (AvgIpc) is 2.45. The minimum atomic E-state index is 0.208. The first-order valence-corrected chi connectivity index (χ1v) is 7.14. The molecular formula is C15H24N2O2. The molecular weight excluding hydrogens is 240 g/mol. The Morgan fingerprint density at radius 2 is 2.26 bits per heavy atom. The molecule has 106 valence electrons. The van der Waals surface area contributed by atoms with Crippen LogP contribution in [0, 0.1) is 0 Å². The molecule has 1 aliphatic rings. The maximum Gasteiger partial charge on any atom is 0.213 e. The number of ether oxygens (including phenoxy) is 2. The molecule has 2 N–H and O–H groups in total. The average molecular weight is 264 g/mol. The van der Waals surface area contributed by atoms with Gasteiger partial charge in [-0.05, 0) is 36.8 Å². The van der Waals surface area contributed by atoms with Crippen LogP contribution in [0.1, 0.15) is 50.3 Å². The van der Waals surface area contributed by atoms with E-state index in [0.29, 0.717) is 24.9 Å². The van der Waals surface area contributed by atoms with Gasteiger partial charge in [-0.3, -0.25) is 0 Å². The van der Waals surface area contributed by atoms with E-state index in [1.165, 1.54) is 6.42 Å². The fraction of sp³-hybridized carbons (Fsp3) is 0.667. The van der Waals surface area contributed by atoms with E-state index in [9.17, 15) is 0 Å². The minimum Gasteiger partial charge on any atom is -0.475 e. The summed E-state index contributed by atoms with van der Waals surface area (Å²) in [5, 5.41) is 0. The Morgan fingerprint density at radius 1 is 1.42 bits per heavy atom. The van der Waals surface area contributed by atoms with Crippen molar-refractivity contribution >= 4 is 0 Å². The Labute approximate surface area is 115 Å². The number of hydrogen-bond donors (Lipinski definition) is 1. The van der Waals surface area contributed by atoms with E-state index >= 15 is 0 Å². The highest BCUT2D eigenvalue weighted by atomic mass is 16.5. The standard InChI is InChI=1S/C15H24N2O2/c1-11(2)14-7-12(9-16)8-15(17-14)19-10-13-5-3-4-6-18-13/h7-8,11,13H,3-6,9-10,16H2,1-2H3. The van der Waals surface area contributed by atoms with E-state index < -0.39 is 0 Å². The lowest BCUT2D eigenvalue weighted by atomic mass is 10.1. The molecule has 0 radical (unpaired) electrons. The van der Waals surface area contributed by atoms with Crippen LogP contribution in [0.15, 0.2) is 12.1 Å². The molecule has 0 bridgehead atoms. The van der Waals surface area contributed by atoms with Crippen LogP contribution in [-0.2, 0) is 11.3 Å². The van der Waals surface area contributed by atoms with E-state index in [1.807, 2.05) is 6.07 Å². The van der Waals surface area contributed by atoms with Gasteiger partial charge in [-0.25, -0.2) is 4.98 Å². The molecule has 1 saturated heterocycles. The maximum atomic E-state index is 5.79. The molecule has 0 aromatic carbocycles. The van der Waals surface area contributed by atoms with Crippen molar-refractivity contribution < 1.29 is 9.47 Å². The van der Waals surface area contributed by atoms with E-state index in [-0.39, 0.29) is 6.10 Å². The predicted molar refractivity (Wildman–Crippen MR) is 75.3 cm³/mol. The quantitative estimate of drug-likeness (QED) is 0.888. The molecule has 1 aliphatic heterocycles. The van der Waals surface area contributed by atoms with Crippen LogP contribution in [0.3, 0.4) is 0 Å². The smallest absolute Gasteiger partial charge is 0.213 e. The summed E-state index contributed by atoms with van der Waals surface area (Å²) < 4.78 is 11.4. The first-order valence-electron chi connectivity index (χ1n) is 7.14. The van der Waals surface area contributed by atoms with E-state index in [1.54, 1.807) is 0 Å². The molecule has 0 saturated carbocycles. The molecule has 4 heteroatoms. The summed E-state index contributed by atoms with van der Waals surface area (Å²) in [6.07, 6.45) is 3.67. The van der Waals surface area contributed by atoms with Crippen LogP contribution in [0.4, 0.5) is 0 Å². The Morgan fingerprint density at radius 3 is 2.89 bits per heavy atom. The first-order chi connectivity index (χ1) is 9.19. The van der Waals surface area contributed by atoms with Gasteiger partial charge in [-0.1, -0.05) is 13.8 Å². The molecule has 2 heterocycles. The summed E-state index contributed by atoms with van der Waals surface area (Å²) in [6.45, 7) is 6.19. The molecule has 1 aromatic heterocycles. The molecule has 0 spiro atoms. The van der Waals surface area contributed by atoms with Gasteiger partial charge in [0, 0.05) is 24.9 Å². The van der Waals surface area contributed by atoms with Crippen LogP contribution < -0.4 is 10.5 Å². The predicted octanol–water partition coefficient (Wildman–Crippen LogP) is 2.61. The van der Waals surface area contributed by atoms with Gasteiger partial charge in [0.25, 0.3) is 0 Å². The molecule has 1 atom stereocenters. The number of rotatable bonds is 5. The Kier molecular flexibility index (Phi) is 5.16. The van der Waals surface area contributed by atoms with E-state index in [4.69, 9.17) is 15.2 Å². The number of nitrogens with zero attached hydrogens (tertiary/aromatic N) is 1. The van der Waals surface area contributed by atoms with Gasteiger partial charge >= 0.3 is 0 Å². The molecule has 1 fully saturated rings. The van der Waals surface area contributed by atoms with Crippen molar-refractivity contribution in [3.8, 4) is 5.88 Å². The Balaban J connectivity index is 2.00. The van der Waals surface area contributed by atoms with Crippen LogP contribution >= 0.6 is 0 Å². The fourth-order valence-corrected chi connectivity index (χ4v) is 2.19.